The molecule has 0 fully saturated rings. The lowest BCUT2D eigenvalue weighted by Gasteiger charge is -2.22. The molecule has 12 heteroatoms. The monoisotopic (exact) mass is 453 g/mol. The lowest BCUT2D eigenvalue weighted by atomic mass is 9.88. The molecule has 30 heavy (non-hydrogen) atoms. The van der Waals surface area contributed by atoms with Crippen LogP contribution in [0.15, 0.2) is 12.1 Å². The molecule has 0 saturated heterocycles. The van der Waals surface area contributed by atoms with Gasteiger partial charge in [0, 0.05) is 6.54 Å². The zero-order chi connectivity index (χ0) is 23.5. The normalized spacial score (nSPS) is 15.2. The fourth-order valence-corrected chi connectivity index (χ4v) is 3.14. The molecule has 3 N–H and O–H groups in total. The van der Waals surface area contributed by atoms with E-state index in [2.05, 4.69) is 0 Å². The molecule has 1 aromatic rings. The summed E-state index contributed by atoms with van der Waals surface area (Å²) in [5.74, 6) is -2.47. The van der Waals surface area contributed by atoms with E-state index in [0.717, 1.165) is 0 Å². The van der Waals surface area contributed by atoms with Gasteiger partial charge in [-0.05, 0) is 42.9 Å². The fraction of sp³-hybridized carbons (Fsp3) is 0.611. The number of alkyl halides is 9. The van der Waals surface area contributed by atoms with E-state index in [1.165, 1.54) is 0 Å². The Morgan fingerprint density at radius 2 is 1.43 bits per heavy atom. The Kier molecular flexibility index (Phi) is 8.20. The smallest absolute Gasteiger partial charge is 0.416 e. The molecule has 0 amide bonds. The van der Waals surface area contributed by atoms with Gasteiger partial charge in [-0.25, -0.2) is 0 Å². The van der Waals surface area contributed by atoms with Gasteiger partial charge in [0.1, 0.15) is 0 Å². The number of carboxylic acid groups (broad SMARTS) is 1. The number of hydrogen-bond acceptors (Lipinski definition) is 2. The summed E-state index contributed by atoms with van der Waals surface area (Å²) < 4.78 is 118. The van der Waals surface area contributed by atoms with Crippen molar-refractivity contribution in [1.29, 1.82) is 0 Å². The van der Waals surface area contributed by atoms with E-state index in [0.29, 0.717) is 0 Å². The highest BCUT2D eigenvalue weighted by atomic mass is 19.4. The van der Waals surface area contributed by atoms with Crippen LogP contribution in [0.2, 0.25) is 0 Å². The minimum atomic E-state index is -5.42. The first-order valence-electron chi connectivity index (χ1n) is 8.79. The summed E-state index contributed by atoms with van der Waals surface area (Å²) >= 11 is 0. The van der Waals surface area contributed by atoms with Gasteiger partial charge in [0.05, 0.1) is 22.6 Å². The molecule has 0 aliphatic heterocycles. The Morgan fingerprint density at radius 3 is 1.77 bits per heavy atom. The van der Waals surface area contributed by atoms with Crippen molar-refractivity contribution in [3.8, 4) is 0 Å². The van der Waals surface area contributed by atoms with E-state index in [4.69, 9.17) is 10.8 Å². The molecule has 3 nitrogen and oxygen atoms in total. The second kappa shape index (κ2) is 9.44. The van der Waals surface area contributed by atoms with Crippen LogP contribution < -0.4 is 5.73 Å². The second-order valence-electron chi connectivity index (χ2n) is 7.05. The molecule has 0 aliphatic carbocycles. The van der Waals surface area contributed by atoms with Crippen molar-refractivity contribution in [2.24, 2.45) is 17.6 Å². The summed E-state index contributed by atoms with van der Waals surface area (Å²) in [5.41, 5.74) is -1.96. The SMILES string of the molecule is CC(CCCc1c(C(F)(F)F)cc(C(F)(F)F)cc1C(F)(F)F)CC(CN)C(=O)O. The van der Waals surface area contributed by atoms with Crippen molar-refractivity contribution in [3.63, 3.8) is 0 Å². The third-order valence-corrected chi connectivity index (χ3v) is 4.63. The van der Waals surface area contributed by atoms with Crippen LogP contribution in [0.1, 0.15) is 48.4 Å². The summed E-state index contributed by atoms with van der Waals surface area (Å²) in [4.78, 5) is 11.0. The van der Waals surface area contributed by atoms with Gasteiger partial charge >= 0.3 is 24.5 Å². The van der Waals surface area contributed by atoms with E-state index in [1.807, 2.05) is 0 Å². The molecule has 0 heterocycles. The highest BCUT2D eigenvalue weighted by Gasteiger charge is 2.44. The molecule has 2 unspecified atom stereocenters. The largest absolute Gasteiger partial charge is 0.481 e. The third kappa shape index (κ3) is 7.06. The summed E-state index contributed by atoms with van der Waals surface area (Å²) in [5, 5.41) is 8.95. The minimum Gasteiger partial charge on any atom is -0.481 e. The number of rotatable bonds is 8. The van der Waals surface area contributed by atoms with Crippen molar-refractivity contribution in [3.05, 3.63) is 34.4 Å². The van der Waals surface area contributed by atoms with Crippen molar-refractivity contribution in [2.45, 2.75) is 51.1 Å². The van der Waals surface area contributed by atoms with Gasteiger partial charge in [-0.1, -0.05) is 13.3 Å². The molecule has 0 saturated carbocycles. The molecule has 0 aromatic heterocycles. The fourth-order valence-electron chi connectivity index (χ4n) is 3.14. The van der Waals surface area contributed by atoms with Crippen LogP contribution in [-0.2, 0) is 29.7 Å². The second-order valence-corrected chi connectivity index (χ2v) is 7.05. The van der Waals surface area contributed by atoms with Gasteiger partial charge < -0.3 is 10.8 Å². The molecule has 0 radical (unpaired) electrons. The first kappa shape index (κ1) is 26.1. The molecular weight excluding hydrogens is 433 g/mol. The Morgan fingerprint density at radius 1 is 0.967 bits per heavy atom. The maximum Gasteiger partial charge on any atom is 0.416 e. The average molecular weight is 453 g/mol. The lowest BCUT2D eigenvalue weighted by molar-refractivity contribution is -0.149. The highest BCUT2D eigenvalue weighted by molar-refractivity contribution is 5.70. The van der Waals surface area contributed by atoms with Crippen LogP contribution in [0.3, 0.4) is 0 Å². The van der Waals surface area contributed by atoms with E-state index >= 15 is 0 Å². The van der Waals surface area contributed by atoms with Gasteiger partial charge in [-0.15, -0.1) is 0 Å². The van der Waals surface area contributed by atoms with Crippen molar-refractivity contribution < 1.29 is 49.4 Å². The minimum absolute atomic E-state index is 0.0666. The predicted octanol–water partition coefficient (Wildman–Crippen LogP) is 5.75. The summed E-state index contributed by atoms with van der Waals surface area (Å²) in [6.45, 7) is 1.38. The topological polar surface area (TPSA) is 63.3 Å². The Bertz CT molecular complexity index is 704. The number of benzene rings is 1. The van der Waals surface area contributed by atoms with E-state index in [-0.39, 0.29) is 43.9 Å². The molecule has 2 atom stereocenters. The highest BCUT2D eigenvalue weighted by Crippen LogP contribution is 2.44. The molecule has 1 rings (SSSR count). The van der Waals surface area contributed by atoms with Crippen LogP contribution in [0, 0.1) is 11.8 Å². The number of halogens is 9. The zero-order valence-electron chi connectivity index (χ0n) is 15.7. The van der Waals surface area contributed by atoms with Crippen molar-refractivity contribution in [1.82, 2.24) is 0 Å². The average Bonchev–Trinajstić information content (AvgIpc) is 2.56. The van der Waals surface area contributed by atoms with Crippen molar-refractivity contribution in [2.75, 3.05) is 6.54 Å². The Hall–Kier alpha value is -1.98. The maximum absolute atomic E-state index is 13.3. The number of carboxylic acids is 1. The molecule has 0 bridgehead atoms. The van der Waals surface area contributed by atoms with Gasteiger partial charge in [-0.3, -0.25) is 4.79 Å². The standard InChI is InChI=1S/C18H20F9NO2/c1-9(5-10(8-28)15(29)30)3-2-4-12-13(17(22,23)24)6-11(16(19,20)21)7-14(12)18(25,26)27/h6-7,9-10H,2-5,8,28H2,1H3,(H,29,30). The van der Waals surface area contributed by atoms with Crippen molar-refractivity contribution >= 4 is 5.97 Å². The Labute approximate surface area is 166 Å². The number of nitrogens with two attached hydrogens (primary N) is 1. The first-order valence-corrected chi connectivity index (χ1v) is 8.79. The lowest BCUT2D eigenvalue weighted by Crippen LogP contribution is -2.25. The van der Waals surface area contributed by atoms with Crippen LogP contribution >= 0.6 is 0 Å². The van der Waals surface area contributed by atoms with Gasteiger partial charge in [-0.2, -0.15) is 39.5 Å². The molecule has 172 valence electrons. The molecule has 0 aliphatic rings. The maximum atomic E-state index is 13.3. The number of aliphatic carboxylic acids is 1. The number of carbonyl (C=O) groups is 1. The molecular formula is C18H20F9NO2. The summed E-state index contributed by atoms with van der Waals surface area (Å²) in [6.07, 6.45) is -17.1. The van der Waals surface area contributed by atoms with Gasteiger partial charge in [0.2, 0.25) is 0 Å². The van der Waals surface area contributed by atoms with Gasteiger partial charge in [0.25, 0.3) is 0 Å². The zero-order valence-corrected chi connectivity index (χ0v) is 15.7. The van der Waals surface area contributed by atoms with E-state index in [1.54, 1.807) is 6.92 Å². The predicted molar refractivity (Wildman–Crippen MR) is 88.3 cm³/mol. The Balaban J connectivity index is 3.23. The third-order valence-electron chi connectivity index (χ3n) is 4.63. The van der Waals surface area contributed by atoms with E-state index in [9.17, 15) is 44.3 Å². The first-order chi connectivity index (χ1) is 13.5. The van der Waals surface area contributed by atoms with Crippen LogP contribution in [0.5, 0.6) is 0 Å². The summed E-state index contributed by atoms with van der Waals surface area (Å²) in [6, 6.07) is -0.633. The molecule has 0 spiro atoms. The number of hydrogen-bond donors (Lipinski definition) is 2. The van der Waals surface area contributed by atoms with E-state index < -0.39 is 59.1 Å². The van der Waals surface area contributed by atoms with Crippen LogP contribution in [-0.4, -0.2) is 17.6 Å². The van der Waals surface area contributed by atoms with Crippen LogP contribution in [0.25, 0.3) is 0 Å². The quantitative estimate of drug-likeness (QED) is 0.493. The molecule has 1 aromatic carbocycles. The summed E-state index contributed by atoms with van der Waals surface area (Å²) in [7, 11) is 0. The van der Waals surface area contributed by atoms with Gasteiger partial charge in [0.15, 0.2) is 0 Å². The van der Waals surface area contributed by atoms with Crippen LogP contribution in [0.4, 0.5) is 39.5 Å².